The van der Waals surface area contributed by atoms with Gasteiger partial charge in [0.25, 0.3) is 0 Å². The van der Waals surface area contributed by atoms with Crippen molar-refractivity contribution in [1.82, 2.24) is 15.5 Å². The minimum atomic E-state index is -0.144. The molecular formula is C20H33IN4O2. The number of esters is 1. The van der Waals surface area contributed by atoms with E-state index in [1.54, 1.807) is 7.05 Å². The lowest BCUT2D eigenvalue weighted by Crippen LogP contribution is -2.48. The summed E-state index contributed by atoms with van der Waals surface area (Å²) in [6.07, 6.45) is 4.47. The van der Waals surface area contributed by atoms with Gasteiger partial charge in [0.05, 0.1) is 7.11 Å². The van der Waals surface area contributed by atoms with Gasteiger partial charge in [-0.05, 0) is 31.2 Å². The average molecular weight is 488 g/mol. The number of aliphatic imine (C=N–C) groups is 1. The molecule has 0 aliphatic carbocycles. The lowest BCUT2D eigenvalue weighted by atomic mass is 10.0. The molecule has 0 atom stereocenters. The molecule has 27 heavy (non-hydrogen) atoms. The number of carbonyl (C=O) groups excluding carboxylic acids is 1. The first-order valence-corrected chi connectivity index (χ1v) is 9.51. The van der Waals surface area contributed by atoms with Crippen molar-refractivity contribution >= 4 is 35.9 Å². The summed E-state index contributed by atoms with van der Waals surface area (Å²) in [4.78, 5) is 17.9. The van der Waals surface area contributed by atoms with Crippen molar-refractivity contribution in [2.75, 3.05) is 33.8 Å². The molecule has 7 heteroatoms. The van der Waals surface area contributed by atoms with Gasteiger partial charge in [-0.1, -0.05) is 30.3 Å². The van der Waals surface area contributed by atoms with E-state index in [1.165, 1.54) is 12.7 Å². The Morgan fingerprint density at radius 2 is 1.93 bits per heavy atom. The van der Waals surface area contributed by atoms with Crippen LogP contribution in [0.3, 0.4) is 0 Å². The molecule has 0 saturated carbocycles. The number of guanidine groups is 1. The molecule has 0 radical (unpaired) electrons. The van der Waals surface area contributed by atoms with Crippen LogP contribution in [0.25, 0.3) is 0 Å². The fraction of sp³-hybridized carbons (Fsp3) is 0.600. The Bertz CT molecular complexity index is 560. The van der Waals surface area contributed by atoms with Gasteiger partial charge in [0.1, 0.15) is 0 Å². The van der Waals surface area contributed by atoms with Gasteiger partial charge >= 0.3 is 5.97 Å². The molecule has 1 aliphatic rings. The van der Waals surface area contributed by atoms with Gasteiger partial charge in [-0.25, -0.2) is 0 Å². The van der Waals surface area contributed by atoms with Crippen LogP contribution in [0.4, 0.5) is 0 Å². The second-order valence-corrected chi connectivity index (χ2v) is 6.71. The molecule has 1 heterocycles. The number of unbranched alkanes of at least 4 members (excludes halogenated alkanes) is 1. The topological polar surface area (TPSA) is 66.0 Å². The molecule has 1 aliphatic heterocycles. The summed E-state index contributed by atoms with van der Waals surface area (Å²) in [6.45, 7) is 4.04. The molecule has 152 valence electrons. The maximum Gasteiger partial charge on any atom is 0.305 e. The molecule has 1 fully saturated rings. The summed E-state index contributed by atoms with van der Waals surface area (Å²) in [6, 6.07) is 11.1. The first kappa shape index (κ1) is 23.7. The Morgan fingerprint density at radius 3 is 2.56 bits per heavy atom. The number of rotatable bonds is 8. The maximum atomic E-state index is 11.1. The number of halogens is 1. The maximum absolute atomic E-state index is 11.1. The van der Waals surface area contributed by atoms with Crippen molar-refractivity contribution in [2.24, 2.45) is 4.99 Å². The van der Waals surface area contributed by atoms with Crippen molar-refractivity contribution in [3.63, 3.8) is 0 Å². The first-order valence-electron chi connectivity index (χ1n) is 9.51. The highest BCUT2D eigenvalue weighted by Crippen LogP contribution is 2.13. The molecule has 2 rings (SSSR count). The van der Waals surface area contributed by atoms with E-state index in [-0.39, 0.29) is 29.9 Å². The molecule has 1 saturated heterocycles. The van der Waals surface area contributed by atoms with Crippen LogP contribution in [0.5, 0.6) is 0 Å². The highest BCUT2D eigenvalue weighted by molar-refractivity contribution is 14.0. The van der Waals surface area contributed by atoms with Crippen LogP contribution in [0.2, 0.25) is 0 Å². The first-order chi connectivity index (χ1) is 12.7. The number of nitrogens with one attached hydrogen (secondary N) is 2. The summed E-state index contributed by atoms with van der Waals surface area (Å²) in [5, 5.41) is 6.85. The number of likely N-dealkylation sites (tertiary alicyclic amines) is 1. The van der Waals surface area contributed by atoms with Crippen molar-refractivity contribution < 1.29 is 9.53 Å². The Balaban J connectivity index is 0.00000364. The van der Waals surface area contributed by atoms with Crippen LogP contribution in [-0.4, -0.2) is 56.7 Å². The predicted octanol–water partition coefficient (Wildman–Crippen LogP) is 2.78. The second-order valence-electron chi connectivity index (χ2n) is 6.71. The zero-order valence-electron chi connectivity index (χ0n) is 16.4. The number of nitrogens with zero attached hydrogens (tertiary/aromatic N) is 2. The van der Waals surface area contributed by atoms with E-state index < -0.39 is 0 Å². The third-order valence-electron chi connectivity index (χ3n) is 4.73. The molecule has 0 bridgehead atoms. The molecule has 1 aromatic carbocycles. The normalized spacial score (nSPS) is 15.7. The SMILES string of the molecule is CN=C(NCCCCC(=O)OC)NC1CCN(Cc2ccccc2)CC1.I. The largest absolute Gasteiger partial charge is 0.469 e. The van der Waals surface area contributed by atoms with Gasteiger partial charge in [0, 0.05) is 45.7 Å². The lowest BCUT2D eigenvalue weighted by Gasteiger charge is -2.33. The smallest absolute Gasteiger partial charge is 0.305 e. The van der Waals surface area contributed by atoms with Crippen molar-refractivity contribution in [3.8, 4) is 0 Å². The molecule has 0 amide bonds. The van der Waals surface area contributed by atoms with Crippen LogP contribution in [-0.2, 0) is 16.1 Å². The van der Waals surface area contributed by atoms with Gasteiger partial charge in [0.15, 0.2) is 5.96 Å². The summed E-state index contributed by atoms with van der Waals surface area (Å²) >= 11 is 0. The van der Waals surface area contributed by atoms with Crippen LogP contribution in [0.15, 0.2) is 35.3 Å². The Kier molecular flexibility index (Phi) is 12.1. The van der Waals surface area contributed by atoms with E-state index in [9.17, 15) is 4.79 Å². The minimum Gasteiger partial charge on any atom is -0.469 e. The summed E-state index contributed by atoms with van der Waals surface area (Å²) in [7, 11) is 3.23. The molecule has 0 spiro atoms. The van der Waals surface area contributed by atoms with Gasteiger partial charge in [-0.15, -0.1) is 24.0 Å². The Labute approximate surface area is 180 Å². The van der Waals surface area contributed by atoms with Crippen molar-refractivity contribution in [1.29, 1.82) is 0 Å². The van der Waals surface area contributed by atoms with Gasteiger partial charge < -0.3 is 15.4 Å². The molecule has 0 unspecified atom stereocenters. The van der Waals surface area contributed by atoms with E-state index in [0.29, 0.717) is 12.5 Å². The number of carbonyl (C=O) groups is 1. The average Bonchev–Trinajstić information content (AvgIpc) is 2.68. The zero-order valence-corrected chi connectivity index (χ0v) is 18.8. The third-order valence-corrected chi connectivity index (χ3v) is 4.73. The minimum absolute atomic E-state index is 0. The molecule has 2 N–H and O–H groups in total. The highest BCUT2D eigenvalue weighted by Gasteiger charge is 2.19. The predicted molar refractivity (Wildman–Crippen MR) is 121 cm³/mol. The molecular weight excluding hydrogens is 455 g/mol. The highest BCUT2D eigenvalue weighted by atomic mass is 127. The van der Waals surface area contributed by atoms with Crippen LogP contribution < -0.4 is 10.6 Å². The van der Waals surface area contributed by atoms with Crippen LogP contribution in [0.1, 0.15) is 37.7 Å². The third kappa shape index (κ3) is 9.41. The number of hydrogen-bond donors (Lipinski definition) is 2. The Hall–Kier alpha value is -1.35. The van der Waals surface area contributed by atoms with Gasteiger partial charge in [-0.3, -0.25) is 14.7 Å². The monoisotopic (exact) mass is 488 g/mol. The van der Waals surface area contributed by atoms with Crippen molar-refractivity contribution in [2.45, 2.75) is 44.7 Å². The fourth-order valence-corrected chi connectivity index (χ4v) is 3.17. The number of ether oxygens (including phenoxy) is 1. The molecule has 1 aromatic rings. The fourth-order valence-electron chi connectivity index (χ4n) is 3.17. The standard InChI is InChI=1S/C20H32N4O2.HI/c1-21-20(22-13-7-6-10-19(25)26-2)23-18-11-14-24(15-12-18)16-17-8-4-3-5-9-17;/h3-5,8-9,18H,6-7,10-16H2,1-2H3,(H2,21,22,23);1H. The Morgan fingerprint density at radius 1 is 1.22 bits per heavy atom. The summed E-state index contributed by atoms with van der Waals surface area (Å²) < 4.78 is 4.65. The van der Waals surface area contributed by atoms with E-state index in [0.717, 1.165) is 57.8 Å². The molecule has 6 nitrogen and oxygen atoms in total. The van der Waals surface area contributed by atoms with Crippen molar-refractivity contribution in [3.05, 3.63) is 35.9 Å². The summed E-state index contributed by atoms with van der Waals surface area (Å²) in [5.74, 6) is 0.708. The quantitative estimate of drug-likeness (QED) is 0.194. The van der Waals surface area contributed by atoms with Crippen LogP contribution >= 0.6 is 24.0 Å². The van der Waals surface area contributed by atoms with E-state index in [1.807, 2.05) is 0 Å². The summed E-state index contributed by atoms with van der Waals surface area (Å²) in [5.41, 5.74) is 1.38. The number of methoxy groups -OCH3 is 1. The number of piperidine rings is 1. The van der Waals surface area contributed by atoms with Gasteiger partial charge in [-0.2, -0.15) is 0 Å². The zero-order chi connectivity index (χ0) is 18.6. The van der Waals surface area contributed by atoms with Crippen LogP contribution in [0, 0.1) is 0 Å². The van der Waals surface area contributed by atoms with E-state index in [4.69, 9.17) is 0 Å². The van der Waals surface area contributed by atoms with E-state index in [2.05, 4.69) is 55.6 Å². The van der Waals surface area contributed by atoms with Gasteiger partial charge in [0.2, 0.25) is 0 Å². The number of benzene rings is 1. The second kappa shape index (κ2) is 13.8. The number of hydrogen-bond acceptors (Lipinski definition) is 4. The van der Waals surface area contributed by atoms with E-state index >= 15 is 0 Å². The lowest BCUT2D eigenvalue weighted by molar-refractivity contribution is -0.140. The molecule has 0 aromatic heterocycles.